The maximum absolute atomic E-state index is 10.1. The van der Waals surface area contributed by atoms with Crippen LogP contribution in [-0.4, -0.2) is 11.2 Å². The van der Waals surface area contributed by atoms with Crippen LogP contribution in [0.3, 0.4) is 0 Å². The van der Waals surface area contributed by atoms with Crippen molar-refractivity contribution in [1.29, 1.82) is 0 Å². The van der Waals surface area contributed by atoms with Crippen molar-refractivity contribution in [3.8, 4) is 5.75 Å². The molecule has 2 nitrogen and oxygen atoms in total. The van der Waals surface area contributed by atoms with Crippen molar-refractivity contribution in [2.45, 2.75) is 52.2 Å². The number of ether oxygens (including phenoxy) is 1. The van der Waals surface area contributed by atoms with Crippen LogP contribution in [-0.2, 0) is 0 Å². The van der Waals surface area contributed by atoms with Gasteiger partial charge in [-0.15, -0.1) is 0 Å². The summed E-state index contributed by atoms with van der Waals surface area (Å²) in [6, 6.07) is 7.85. The molecule has 1 aliphatic carbocycles. The second-order valence-electron chi connectivity index (χ2n) is 6.17. The average molecular weight is 234 g/mol. The van der Waals surface area contributed by atoms with Gasteiger partial charge in [0.2, 0.25) is 0 Å². The molecule has 1 aliphatic rings. The van der Waals surface area contributed by atoms with E-state index in [1.807, 2.05) is 24.3 Å². The van der Waals surface area contributed by atoms with E-state index in [0.717, 1.165) is 17.7 Å². The van der Waals surface area contributed by atoms with Gasteiger partial charge in [0.15, 0.2) is 0 Å². The topological polar surface area (TPSA) is 29.5 Å². The summed E-state index contributed by atoms with van der Waals surface area (Å²) >= 11 is 0. The molecule has 2 rings (SSSR count). The Labute approximate surface area is 104 Å². The second kappa shape index (κ2) is 4.69. The van der Waals surface area contributed by atoms with Crippen molar-refractivity contribution in [2.75, 3.05) is 0 Å². The third kappa shape index (κ3) is 4.04. The van der Waals surface area contributed by atoms with Crippen LogP contribution in [0.4, 0.5) is 0 Å². The fourth-order valence-corrected chi connectivity index (χ4v) is 1.84. The maximum Gasteiger partial charge on any atom is 0.119 e. The van der Waals surface area contributed by atoms with Gasteiger partial charge in [-0.1, -0.05) is 32.9 Å². The lowest BCUT2D eigenvalue weighted by Gasteiger charge is -2.22. The standard InChI is InChI=1S/C15H22O2/c1-15(2,3)10-14(16)11-4-6-12(7-5-11)17-13-8-9-13/h4-7,13-14,16H,8-10H2,1-3H3. The molecule has 1 fully saturated rings. The predicted octanol–water partition coefficient (Wildman–Crippen LogP) is 3.70. The third-order valence-corrected chi connectivity index (χ3v) is 2.90. The fourth-order valence-electron chi connectivity index (χ4n) is 1.84. The molecule has 1 N–H and O–H groups in total. The zero-order valence-electron chi connectivity index (χ0n) is 10.9. The van der Waals surface area contributed by atoms with Gasteiger partial charge < -0.3 is 9.84 Å². The molecule has 1 atom stereocenters. The summed E-state index contributed by atoms with van der Waals surface area (Å²) in [6.45, 7) is 6.42. The van der Waals surface area contributed by atoms with Crippen LogP contribution in [0.1, 0.15) is 51.7 Å². The largest absolute Gasteiger partial charge is 0.490 e. The normalized spacial score (nSPS) is 17.9. The van der Waals surface area contributed by atoms with E-state index in [1.165, 1.54) is 12.8 Å². The van der Waals surface area contributed by atoms with Gasteiger partial charge in [0.1, 0.15) is 5.75 Å². The molecule has 0 spiro atoms. The smallest absolute Gasteiger partial charge is 0.119 e. The van der Waals surface area contributed by atoms with E-state index in [1.54, 1.807) is 0 Å². The molecule has 94 valence electrons. The average Bonchev–Trinajstić information content (AvgIpc) is 3.00. The summed E-state index contributed by atoms with van der Waals surface area (Å²) in [5, 5.41) is 10.1. The van der Waals surface area contributed by atoms with E-state index >= 15 is 0 Å². The molecular weight excluding hydrogens is 212 g/mol. The molecular formula is C15H22O2. The Morgan fingerprint density at radius 1 is 1.24 bits per heavy atom. The fraction of sp³-hybridized carbons (Fsp3) is 0.600. The Balaban J connectivity index is 1.96. The van der Waals surface area contributed by atoms with Gasteiger partial charge >= 0.3 is 0 Å². The van der Waals surface area contributed by atoms with E-state index in [2.05, 4.69) is 20.8 Å². The monoisotopic (exact) mass is 234 g/mol. The molecule has 17 heavy (non-hydrogen) atoms. The summed E-state index contributed by atoms with van der Waals surface area (Å²) in [4.78, 5) is 0. The number of hydrogen-bond donors (Lipinski definition) is 1. The number of benzene rings is 1. The highest BCUT2D eigenvalue weighted by molar-refractivity contribution is 5.29. The first kappa shape index (κ1) is 12.4. The number of rotatable bonds is 4. The summed E-state index contributed by atoms with van der Waals surface area (Å²) in [6.07, 6.45) is 3.17. The predicted molar refractivity (Wildman–Crippen MR) is 69.1 cm³/mol. The van der Waals surface area contributed by atoms with E-state index in [9.17, 15) is 5.11 Å². The Morgan fingerprint density at radius 3 is 2.29 bits per heavy atom. The van der Waals surface area contributed by atoms with Crippen LogP contribution in [0.25, 0.3) is 0 Å². The van der Waals surface area contributed by atoms with Gasteiger partial charge in [-0.2, -0.15) is 0 Å². The van der Waals surface area contributed by atoms with Crippen molar-refractivity contribution in [2.24, 2.45) is 5.41 Å². The molecule has 0 bridgehead atoms. The van der Waals surface area contributed by atoms with Crippen LogP contribution in [0, 0.1) is 5.41 Å². The van der Waals surface area contributed by atoms with Crippen molar-refractivity contribution in [3.05, 3.63) is 29.8 Å². The van der Waals surface area contributed by atoms with Crippen LogP contribution in [0.15, 0.2) is 24.3 Å². The third-order valence-electron chi connectivity index (χ3n) is 2.90. The molecule has 0 amide bonds. The molecule has 0 saturated heterocycles. The molecule has 1 unspecified atom stereocenters. The van der Waals surface area contributed by atoms with Crippen molar-refractivity contribution < 1.29 is 9.84 Å². The SMILES string of the molecule is CC(C)(C)CC(O)c1ccc(OC2CC2)cc1. The summed E-state index contributed by atoms with van der Waals surface area (Å²) in [5.41, 5.74) is 1.12. The van der Waals surface area contributed by atoms with Gasteiger partial charge in [0.05, 0.1) is 12.2 Å². The van der Waals surface area contributed by atoms with E-state index in [-0.39, 0.29) is 11.5 Å². The summed E-state index contributed by atoms with van der Waals surface area (Å²) in [5.74, 6) is 0.916. The van der Waals surface area contributed by atoms with Crippen molar-refractivity contribution in [1.82, 2.24) is 0 Å². The molecule has 1 aromatic carbocycles. The minimum absolute atomic E-state index is 0.141. The lowest BCUT2D eigenvalue weighted by Crippen LogP contribution is -2.11. The molecule has 0 aliphatic heterocycles. The Kier molecular flexibility index (Phi) is 3.43. The quantitative estimate of drug-likeness (QED) is 0.860. The molecule has 0 heterocycles. The van der Waals surface area contributed by atoms with Gasteiger partial charge in [0, 0.05) is 0 Å². The van der Waals surface area contributed by atoms with E-state index in [0.29, 0.717) is 6.10 Å². The van der Waals surface area contributed by atoms with Gasteiger partial charge in [-0.3, -0.25) is 0 Å². The first-order valence-electron chi connectivity index (χ1n) is 6.39. The molecule has 0 aromatic heterocycles. The zero-order valence-corrected chi connectivity index (χ0v) is 10.9. The van der Waals surface area contributed by atoms with Crippen LogP contribution in [0.5, 0.6) is 5.75 Å². The zero-order chi connectivity index (χ0) is 12.5. The van der Waals surface area contributed by atoms with Crippen LogP contribution < -0.4 is 4.74 Å². The number of aliphatic hydroxyl groups is 1. The second-order valence-corrected chi connectivity index (χ2v) is 6.17. The maximum atomic E-state index is 10.1. The number of hydrogen-bond acceptors (Lipinski definition) is 2. The van der Waals surface area contributed by atoms with Crippen LogP contribution in [0.2, 0.25) is 0 Å². The highest BCUT2D eigenvalue weighted by Gasteiger charge is 2.23. The first-order valence-corrected chi connectivity index (χ1v) is 6.39. The molecule has 0 radical (unpaired) electrons. The highest BCUT2D eigenvalue weighted by Crippen LogP contribution is 2.31. The number of aliphatic hydroxyl groups excluding tert-OH is 1. The van der Waals surface area contributed by atoms with E-state index < -0.39 is 0 Å². The molecule has 2 heteroatoms. The summed E-state index contributed by atoms with van der Waals surface area (Å²) < 4.78 is 5.68. The Bertz CT molecular complexity index is 358. The molecule has 1 saturated carbocycles. The Morgan fingerprint density at radius 2 is 1.82 bits per heavy atom. The molecule has 1 aromatic rings. The summed E-state index contributed by atoms with van der Waals surface area (Å²) in [7, 11) is 0. The first-order chi connectivity index (χ1) is 7.94. The minimum atomic E-state index is -0.384. The van der Waals surface area contributed by atoms with Gasteiger partial charge in [-0.05, 0) is 42.4 Å². The minimum Gasteiger partial charge on any atom is -0.490 e. The van der Waals surface area contributed by atoms with Gasteiger partial charge in [0.25, 0.3) is 0 Å². The van der Waals surface area contributed by atoms with E-state index in [4.69, 9.17) is 4.74 Å². The van der Waals surface area contributed by atoms with Gasteiger partial charge in [-0.25, -0.2) is 0 Å². The highest BCUT2D eigenvalue weighted by atomic mass is 16.5. The van der Waals surface area contributed by atoms with Crippen LogP contribution >= 0.6 is 0 Å². The van der Waals surface area contributed by atoms with Crippen molar-refractivity contribution >= 4 is 0 Å². The Hall–Kier alpha value is -1.02. The lowest BCUT2D eigenvalue weighted by molar-refractivity contribution is 0.122. The lowest BCUT2D eigenvalue weighted by atomic mass is 9.87. The van der Waals surface area contributed by atoms with Crippen molar-refractivity contribution in [3.63, 3.8) is 0 Å².